The van der Waals surface area contributed by atoms with Crippen LogP contribution in [-0.2, 0) is 19.6 Å². The fourth-order valence-corrected chi connectivity index (χ4v) is 1.76. The van der Waals surface area contributed by atoms with E-state index >= 15 is 0 Å². The second-order valence-corrected chi connectivity index (χ2v) is 5.24. The van der Waals surface area contributed by atoms with Gasteiger partial charge in [-0.05, 0) is 12.1 Å². The highest BCUT2D eigenvalue weighted by Gasteiger charge is 2.49. The first-order valence-corrected chi connectivity index (χ1v) is 6.81. The summed E-state index contributed by atoms with van der Waals surface area (Å²) in [5.41, 5.74) is -6.47. The molecule has 0 aliphatic rings. The minimum absolute atomic E-state index is 0.505. The lowest BCUT2D eigenvalue weighted by molar-refractivity contribution is -0.131. The third kappa shape index (κ3) is 3.87. The molecule has 0 atom stereocenters. The summed E-state index contributed by atoms with van der Waals surface area (Å²) in [7, 11) is -5.11. The zero-order valence-corrected chi connectivity index (χ0v) is 11.9. The number of alkyl halides is 3. The first-order valence-electron chi connectivity index (χ1n) is 5.40. The van der Waals surface area contributed by atoms with Gasteiger partial charge in [0.1, 0.15) is 11.3 Å². The molecule has 1 rings (SSSR count). The van der Waals surface area contributed by atoms with E-state index in [9.17, 15) is 31.2 Å². The maximum Gasteiger partial charge on any atom is 0.534 e. The van der Waals surface area contributed by atoms with Crippen LogP contribution in [0.2, 0.25) is 0 Å². The summed E-state index contributed by atoms with van der Waals surface area (Å²) in [4.78, 5) is 22.5. The fourth-order valence-electron chi connectivity index (χ4n) is 1.29. The second-order valence-electron chi connectivity index (χ2n) is 3.70. The monoisotopic (exact) mass is 342 g/mol. The van der Waals surface area contributed by atoms with Gasteiger partial charge in [0.15, 0.2) is 5.75 Å². The molecule has 11 heteroatoms. The van der Waals surface area contributed by atoms with E-state index in [1.807, 2.05) is 0 Å². The van der Waals surface area contributed by atoms with E-state index in [2.05, 4.69) is 13.7 Å². The molecular formula is C11H9F3O7S. The Hall–Kier alpha value is -2.30. The van der Waals surface area contributed by atoms with Gasteiger partial charge in [-0.15, -0.1) is 0 Å². The minimum Gasteiger partial charge on any atom is -0.465 e. The van der Waals surface area contributed by atoms with Gasteiger partial charge in [0, 0.05) is 6.92 Å². The van der Waals surface area contributed by atoms with Crippen LogP contribution >= 0.6 is 0 Å². The van der Waals surface area contributed by atoms with Crippen LogP contribution in [0.1, 0.15) is 17.3 Å². The molecule has 0 fully saturated rings. The van der Waals surface area contributed by atoms with E-state index in [-0.39, 0.29) is 0 Å². The number of rotatable bonds is 4. The Bertz CT molecular complexity index is 694. The van der Waals surface area contributed by atoms with Crippen molar-refractivity contribution in [3.63, 3.8) is 0 Å². The van der Waals surface area contributed by atoms with Crippen molar-refractivity contribution >= 4 is 22.1 Å². The van der Waals surface area contributed by atoms with Crippen molar-refractivity contribution in [3.8, 4) is 11.5 Å². The van der Waals surface area contributed by atoms with E-state index in [0.29, 0.717) is 0 Å². The van der Waals surface area contributed by atoms with Crippen LogP contribution in [-0.4, -0.2) is 33.0 Å². The summed E-state index contributed by atoms with van der Waals surface area (Å²) in [5, 5.41) is 0. The van der Waals surface area contributed by atoms with Crippen molar-refractivity contribution in [1.29, 1.82) is 0 Å². The summed E-state index contributed by atoms with van der Waals surface area (Å²) in [5.74, 6) is -3.62. The van der Waals surface area contributed by atoms with Crippen LogP contribution < -0.4 is 8.92 Å². The van der Waals surface area contributed by atoms with Crippen molar-refractivity contribution in [2.45, 2.75) is 12.4 Å². The molecule has 0 spiro atoms. The molecule has 122 valence electrons. The molecule has 0 unspecified atom stereocenters. The first-order chi connectivity index (χ1) is 9.99. The third-order valence-corrected chi connectivity index (χ3v) is 3.08. The smallest absolute Gasteiger partial charge is 0.465 e. The number of benzene rings is 1. The van der Waals surface area contributed by atoms with Crippen LogP contribution in [0.5, 0.6) is 11.5 Å². The highest BCUT2D eigenvalue weighted by molar-refractivity contribution is 7.88. The van der Waals surface area contributed by atoms with Gasteiger partial charge < -0.3 is 13.7 Å². The Morgan fingerprint density at radius 2 is 1.68 bits per heavy atom. The molecule has 22 heavy (non-hydrogen) atoms. The van der Waals surface area contributed by atoms with E-state index in [1.165, 1.54) is 0 Å². The van der Waals surface area contributed by atoms with E-state index in [1.54, 1.807) is 0 Å². The Kier molecular flexibility index (Phi) is 5.02. The second kappa shape index (κ2) is 6.22. The van der Waals surface area contributed by atoms with Crippen LogP contribution in [0.25, 0.3) is 0 Å². The molecule has 0 radical (unpaired) electrons. The van der Waals surface area contributed by atoms with Crippen molar-refractivity contribution < 1.29 is 44.8 Å². The average molecular weight is 342 g/mol. The summed E-state index contributed by atoms with van der Waals surface area (Å²) < 4.78 is 71.8. The number of carbonyl (C=O) groups is 2. The largest absolute Gasteiger partial charge is 0.534 e. The molecule has 1 aromatic carbocycles. The van der Waals surface area contributed by atoms with Crippen molar-refractivity contribution in [2.75, 3.05) is 7.11 Å². The van der Waals surface area contributed by atoms with Gasteiger partial charge in [0.2, 0.25) is 0 Å². The third-order valence-electron chi connectivity index (χ3n) is 2.11. The summed E-state index contributed by atoms with van der Waals surface area (Å²) in [6.07, 6.45) is 0. The summed E-state index contributed by atoms with van der Waals surface area (Å²) >= 11 is 0. The molecule has 0 amide bonds. The van der Waals surface area contributed by atoms with Crippen molar-refractivity contribution in [3.05, 3.63) is 23.8 Å². The van der Waals surface area contributed by atoms with Crippen molar-refractivity contribution in [2.24, 2.45) is 0 Å². The molecule has 7 nitrogen and oxygen atoms in total. The van der Waals surface area contributed by atoms with Gasteiger partial charge in [-0.1, -0.05) is 6.07 Å². The molecule has 0 saturated carbocycles. The molecule has 0 aromatic heterocycles. The van der Waals surface area contributed by atoms with Gasteiger partial charge in [0.25, 0.3) is 0 Å². The lowest BCUT2D eigenvalue weighted by Crippen LogP contribution is -2.28. The van der Waals surface area contributed by atoms with Crippen LogP contribution in [0.15, 0.2) is 18.2 Å². The van der Waals surface area contributed by atoms with Crippen LogP contribution in [0.4, 0.5) is 13.2 Å². The summed E-state index contributed by atoms with van der Waals surface area (Å²) in [6.45, 7) is 0.973. The average Bonchev–Trinajstić information content (AvgIpc) is 2.35. The Morgan fingerprint density at radius 3 is 2.14 bits per heavy atom. The molecule has 0 saturated heterocycles. The van der Waals surface area contributed by atoms with E-state index < -0.39 is 44.6 Å². The zero-order chi connectivity index (χ0) is 17.1. The highest BCUT2D eigenvalue weighted by atomic mass is 32.2. The molecule has 0 aliphatic carbocycles. The van der Waals surface area contributed by atoms with E-state index in [4.69, 9.17) is 0 Å². The number of ether oxygens (including phenoxy) is 2. The van der Waals surface area contributed by atoms with Gasteiger partial charge in [-0.2, -0.15) is 21.6 Å². The topological polar surface area (TPSA) is 96.0 Å². The van der Waals surface area contributed by atoms with Gasteiger partial charge >= 0.3 is 27.6 Å². The van der Waals surface area contributed by atoms with Gasteiger partial charge in [-0.3, -0.25) is 4.79 Å². The Balaban J connectivity index is 3.42. The number of methoxy groups -OCH3 is 1. The van der Waals surface area contributed by atoms with Gasteiger partial charge in [-0.25, -0.2) is 4.79 Å². The molecule has 0 heterocycles. The first kappa shape index (κ1) is 17.8. The highest BCUT2D eigenvalue weighted by Crippen LogP contribution is 2.33. The van der Waals surface area contributed by atoms with Crippen LogP contribution in [0.3, 0.4) is 0 Å². The molecular weight excluding hydrogens is 333 g/mol. The lowest BCUT2D eigenvalue weighted by atomic mass is 10.2. The zero-order valence-electron chi connectivity index (χ0n) is 11.1. The fraction of sp³-hybridized carbons (Fsp3) is 0.273. The number of hydrogen-bond acceptors (Lipinski definition) is 7. The molecule has 1 aromatic rings. The van der Waals surface area contributed by atoms with Gasteiger partial charge in [0.05, 0.1) is 7.11 Å². The lowest BCUT2D eigenvalue weighted by Gasteiger charge is -2.14. The molecule has 0 N–H and O–H groups in total. The van der Waals surface area contributed by atoms with Crippen molar-refractivity contribution in [1.82, 2.24) is 0 Å². The van der Waals surface area contributed by atoms with Crippen LogP contribution in [0, 0.1) is 0 Å². The Labute approximate surface area is 122 Å². The number of hydrogen-bond donors (Lipinski definition) is 0. The maximum absolute atomic E-state index is 12.3. The Morgan fingerprint density at radius 1 is 1.14 bits per heavy atom. The normalized spacial score (nSPS) is 11.7. The SMILES string of the molecule is COC(=O)c1c(OC(C)=O)cccc1OS(=O)(=O)C(F)(F)F. The number of esters is 2. The minimum atomic E-state index is -6.01. The summed E-state index contributed by atoms with van der Waals surface area (Å²) in [6, 6.07) is 2.87. The quantitative estimate of drug-likeness (QED) is 0.355. The van der Waals surface area contributed by atoms with E-state index in [0.717, 1.165) is 32.2 Å². The standard InChI is InChI=1S/C11H9F3O7S/c1-6(15)20-7-4-3-5-8(9(7)10(16)19-2)21-22(17,18)11(12,13)14/h3-5H,1-2H3. The maximum atomic E-state index is 12.3. The number of halogens is 3. The molecule has 0 aliphatic heterocycles. The predicted octanol–water partition coefficient (Wildman–Crippen LogP) is 1.63. The molecule has 0 bridgehead atoms. The predicted molar refractivity (Wildman–Crippen MR) is 64.7 cm³/mol. The number of carbonyl (C=O) groups excluding carboxylic acids is 2.